The molecule has 2 heterocycles. The second-order valence-corrected chi connectivity index (χ2v) is 6.05. The molecule has 1 aliphatic rings. The van der Waals surface area contributed by atoms with Crippen molar-refractivity contribution in [3.8, 4) is 6.07 Å². The molecule has 3 rings (SSSR count). The molecule has 0 bridgehead atoms. The van der Waals surface area contributed by atoms with Crippen LogP contribution in [0.3, 0.4) is 0 Å². The molecule has 0 radical (unpaired) electrons. The molecule has 1 aromatic heterocycles. The van der Waals surface area contributed by atoms with E-state index in [1.807, 2.05) is 29.8 Å². The number of piperidine rings is 1. The molecule has 3 nitrogen and oxygen atoms in total. The number of benzene rings is 1. The molecular formula is C16H17N3S. The summed E-state index contributed by atoms with van der Waals surface area (Å²) in [5.74, 6) is 0. The lowest BCUT2D eigenvalue weighted by atomic mass is 10.0. The van der Waals surface area contributed by atoms with E-state index < -0.39 is 0 Å². The van der Waals surface area contributed by atoms with E-state index in [1.165, 1.54) is 24.3 Å². The lowest BCUT2D eigenvalue weighted by molar-refractivity contribution is 0.140. The highest BCUT2D eigenvalue weighted by atomic mass is 32.1. The quantitative estimate of drug-likeness (QED) is 0.861. The largest absolute Gasteiger partial charge is 0.290 e. The average Bonchev–Trinajstić information content (AvgIpc) is 3.02. The Hall–Kier alpha value is -1.70. The van der Waals surface area contributed by atoms with E-state index in [-0.39, 0.29) is 0 Å². The van der Waals surface area contributed by atoms with Crippen LogP contribution in [0.4, 0.5) is 0 Å². The fourth-order valence-corrected chi connectivity index (χ4v) is 3.65. The third kappa shape index (κ3) is 2.74. The van der Waals surface area contributed by atoms with Crippen molar-refractivity contribution in [1.29, 1.82) is 5.26 Å². The molecule has 1 aromatic carbocycles. The van der Waals surface area contributed by atoms with Crippen LogP contribution in [0.25, 0.3) is 0 Å². The number of thiazole rings is 1. The summed E-state index contributed by atoms with van der Waals surface area (Å²) in [7, 11) is 0. The Balaban J connectivity index is 1.82. The zero-order chi connectivity index (χ0) is 13.8. The van der Waals surface area contributed by atoms with Crippen molar-refractivity contribution in [3.63, 3.8) is 0 Å². The molecule has 0 unspecified atom stereocenters. The highest BCUT2D eigenvalue weighted by Crippen LogP contribution is 2.33. The molecule has 102 valence electrons. The van der Waals surface area contributed by atoms with Crippen LogP contribution in [0.15, 0.2) is 35.8 Å². The summed E-state index contributed by atoms with van der Waals surface area (Å²) in [4.78, 5) is 6.96. The number of aromatic nitrogens is 1. The summed E-state index contributed by atoms with van der Waals surface area (Å²) < 4.78 is 0. The molecule has 0 aliphatic carbocycles. The van der Waals surface area contributed by atoms with Gasteiger partial charge in [-0.05, 0) is 31.0 Å². The number of nitrogens with zero attached hydrogens (tertiary/aromatic N) is 3. The maximum absolute atomic E-state index is 9.22. The predicted molar refractivity (Wildman–Crippen MR) is 80.3 cm³/mol. The highest BCUT2D eigenvalue weighted by molar-refractivity contribution is 7.09. The van der Waals surface area contributed by atoms with Gasteiger partial charge < -0.3 is 0 Å². The van der Waals surface area contributed by atoms with Gasteiger partial charge in [0.25, 0.3) is 0 Å². The highest BCUT2D eigenvalue weighted by Gasteiger charge is 2.26. The fraction of sp³-hybridized carbons (Fsp3) is 0.375. The first-order valence-corrected chi connectivity index (χ1v) is 7.88. The summed E-state index contributed by atoms with van der Waals surface area (Å²) in [5, 5.41) is 12.5. The Labute approximate surface area is 123 Å². The van der Waals surface area contributed by atoms with E-state index in [4.69, 9.17) is 0 Å². The average molecular weight is 283 g/mol. The Bertz CT molecular complexity index is 600. The smallest absolute Gasteiger partial charge is 0.110 e. The number of hydrogen-bond donors (Lipinski definition) is 0. The topological polar surface area (TPSA) is 39.9 Å². The third-order valence-corrected chi connectivity index (χ3v) is 4.74. The summed E-state index contributed by atoms with van der Waals surface area (Å²) >= 11 is 1.74. The minimum Gasteiger partial charge on any atom is -0.290 e. The standard InChI is InChI=1S/C16H17N3S/c17-11-13-5-1-2-6-14(13)12-19-9-4-3-7-15(19)16-18-8-10-20-16/h1-2,5-6,8,10,15H,3-4,7,9,12H2/t15-/m0/s1. The molecule has 0 amide bonds. The monoisotopic (exact) mass is 283 g/mol. The van der Waals surface area contributed by atoms with Gasteiger partial charge in [0.15, 0.2) is 0 Å². The molecule has 20 heavy (non-hydrogen) atoms. The van der Waals surface area contributed by atoms with Gasteiger partial charge in [0.05, 0.1) is 17.7 Å². The molecule has 0 saturated carbocycles. The van der Waals surface area contributed by atoms with Crippen molar-refractivity contribution < 1.29 is 0 Å². The van der Waals surface area contributed by atoms with Crippen LogP contribution in [-0.4, -0.2) is 16.4 Å². The second-order valence-electron chi connectivity index (χ2n) is 5.12. The van der Waals surface area contributed by atoms with Gasteiger partial charge in [0.2, 0.25) is 0 Å². The fourth-order valence-electron chi connectivity index (χ4n) is 2.84. The van der Waals surface area contributed by atoms with Crippen LogP contribution in [0.1, 0.15) is 41.4 Å². The van der Waals surface area contributed by atoms with Crippen molar-refractivity contribution in [2.45, 2.75) is 31.8 Å². The van der Waals surface area contributed by atoms with Crippen molar-refractivity contribution in [2.75, 3.05) is 6.54 Å². The van der Waals surface area contributed by atoms with E-state index >= 15 is 0 Å². The van der Waals surface area contributed by atoms with E-state index in [0.29, 0.717) is 6.04 Å². The Kier molecular flexibility index (Phi) is 4.10. The van der Waals surface area contributed by atoms with Gasteiger partial charge in [-0.3, -0.25) is 4.90 Å². The molecule has 0 N–H and O–H groups in total. The molecule has 0 spiro atoms. The van der Waals surface area contributed by atoms with E-state index in [2.05, 4.69) is 22.0 Å². The van der Waals surface area contributed by atoms with Gasteiger partial charge in [0.1, 0.15) is 5.01 Å². The SMILES string of the molecule is N#Cc1ccccc1CN1CCCC[C@H]1c1nccs1. The lowest BCUT2D eigenvalue weighted by Crippen LogP contribution is -2.33. The van der Waals surface area contributed by atoms with Crippen LogP contribution in [-0.2, 0) is 6.54 Å². The first-order valence-electron chi connectivity index (χ1n) is 7.00. The van der Waals surface area contributed by atoms with E-state index in [0.717, 1.165) is 24.2 Å². The van der Waals surface area contributed by atoms with Crippen molar-refractivity contribution >= 4 is 11.3 Å². The normalized spacial score (nSPS) is 19.6. The van der Waals surface area contributed by atoms with Gasteiger partial charge in [-0.25, -0.2) is 4.98 Å². The molecule has 1 atom stereocenters. The minimum atomic E-state index is 0.412. The van der Waals surface area contributed by atoms with E-state index in [9.17, 15) is 5.26 Å². The van der Waals surface area contributed by atoms with Crippen molar-refractivity contribution in [1.82, 2.24) is 9.88 Å². The van der Waals surface area contributed by atoms with E-state index in [1.54, 1.807) is 11.3 Å². The molecular weight excluding hydrogens is 266 g/mol. The number of likely N-dealkylation sites (tertiary alicyclic amines) is 1. The molecule has 4 heteroatoms. The lowest BCUT2D eigenvalue weighted by Gasteiger charge is -2.34. The van der Waals surface area contributed by atoms with Crippen LogP contribution in [0, 0.1) is 11.3 Å². The predicted octanol–water partition coefficient (Wildman–Crippen LogP) is 3.74. The zero-order valence-electron chi connectivity index (χ0n) is 11.3. The Morgan fingerprint density at radius 2 is 2.25 bits per heavy atom. The summed E-state index contributed by atoms with van der Waals surface area (Å²) in [5.41, 5.74) is 1.91. The number of hydrogen-bond acceptors (Lipinski definition) is 4. The Morgan fingerprint density at radius 3 is 3.05 bits per heavy atom. The maximum Gasteiger partial charge on any atom is 0.110 e. The third-order valence-electron chi connectivity index (χ3n) is 3.86. The van der Waals surface area contributed by atoms with Crippen LogP contribution >= 0.6 is 11.3 Å². The zero-order valence-corrected chi connectivity index (χ0v) is 12.1. The van der Waals surface area contributed by atoms with Gasteiger partial charge in [-0.15, -0.1) is 11.3 Å². The first kappa shape index (κ1) is 13.3. The van der Waals surface area contributed by atoms with Gasteiger partial charge >= 0.3 is 0 Å². The van der Waals surface area contributed by atoms with Gasteiger partial charge in [0, 0.05) is 18.1 Å². The first-order chi connectivity index (χ1) is 9.88. The molecule has 1 saturated heterocycles. The van der Waals surface area contributed by atoms with Gasteiger partial charge in [-0.1, -0.05) is 24.6 Å². The summed E-state index contributed by atoms with van der Waals surface area (Å²) in [6.45, 7) is 1.93. The minimum absolute atomic E-state index is 0.412. The Morgan fingerprint density at radius 1 is 1.35 bits per heavy atom. The molecule has 1 fully saturated rings. The van der Waals surface area contributed by atoms with Gasteiger partial charge in [-0.2, -0.15) is 5.26 Å². The number of nitriles is 1. The van der Waals surface area contributed by atoms with Crippen LogP contribution in [0.5, 0.6) is 0 Å². The van der Waals surface area contributed by atoms with Crippen molar-refractivity contribution in [3.05, 3.63) is 52.0 Å². The summed E-state index contributed by atoms with van der Waals surface area (Å²) in [6.07, 6.45) is 5.55. The molecule has 2 aromatic rings. The molecule has 1 aliphatic heterocycles. The van der Waals surface area contributed by atoms with Crippen molar-refractivity contribution in [2.24, 2.45) is 0 Å². The van der Waals surface area contributed by atoms with Crippen LogP contribution < -0.4 is 0 Å². The maximum atomic E-state index is 9.22. The number of rotatable bonds is 3. The second kappa shape index (κ2) is 6.17. The van der Waals surface area contributed by atoms with Crippen LogP contribution in [0.2, 0.25) is 0 Å². The summed E-state index contributed by atoms with van der Waals surface area (Å²) in [6, 6.07) is 10.6.